The Labute approximate surface area is 100 Å². The van der Waals surface area contributed by atoms with Crippen molar-refractivity contribution >= 4 is 11.8 Å². The van der Waals surface area contributed by atoms with E-state index in [9.17, 15) is 0 Å². The van der Waals surface area contributed by atoms with Gasteiger partial charge in [-0.1, -0.05) is 0 Å². The van der Waals surface area contributed by atoms with Gasteiger partial charge in [0.25, 0.3) is 0 Å². The van der Waals surface area contributed by atoms with E-state index < -0.39 is 0 Å². The van der Waals surface area contributed by atoms with Gasteiger partial charge < -0.3 is 15.1 Å². The van der Waals surface area contributed by atoms with Crippen molar-refractivity contribution in [1.29, 1.82) is 0 Å². The second-order valence-electron chi connectivity index (χ2n) is 3.83. The van der Waals surface area contributed by atoms with Crippen LogP contribution >= 0.6 is 0 Å². The molecule has 1 unspecified atom stereocenters. The van der Waals surface area contributed by atoms with Gasteiger partial charge in [0.05, 0.1) is 6.04 Å². The molecular weight excluding hydrogens is 216 g/mol. The molecule has 2 N–H and O–H groups in total. The Hall–Kier alpha value is -2.04. The van der Waals surface area contributed by atoms with E-state index in [2.05, 4.69) is 20.6 Å². The van der Waals surface area contributed by atoms with Gasteiger partial charge in [-0.15, -0.1) is 0 Å². The summed E-state index contributed by atoms with van der Waals surface area (Å²) >= 11 is 0. The normalized spacial score (nSPS) is 12.2. The Morgan fingerprint density at radius 2 is 2.12 bits per heavy atom. The molecule has 1 atom stereocenters. The van der Waals surface area contributed by atoms with Crippen molar-refractivity contribution in [2.45, 2.75) is 19.9 Å². The van der Waals surface area contributed by atoms with E-state index in [0.717, 1.165) is 17.3 Å². The van der Waals surface area contributed by atoms with Gasteiger partial charge in [-0.2, -0.15) is 4.98 Å². The highest BCUT2D eigenvalue weighted by Gasteiger charge is 2.10. The molecule has 0 spiro atoms. The van der Waals surface area contributed by atoms with Crippen LogP contribution in [0.5, 0.6) is 0 Å². The smallest absolute Gasteiger partial charge is 0.224 e. The first-order valence-electron chi connectivity index (χ1n) is 5.52. The van der Waals surface area contributed by atoms with Crippen LogP contribution in [-0.4, -0.2) is 17.0 Å². The van der Waals surface area contributed by atoms with Crippen LogP contribution in [-0.2, 0) is 0 Å². The fourth-order valence-corrected chi connectivity index (χ4v) is 1.54. The summed E-state index contributed by atoms with van der Waals surface area (Å²) in [6, 6.07) is 5.82. The van der Waals surface area contributed by atoms with E-state index in [4.69, 9.17) is 4.42 Å². The van der Waals surface area contributed by atoms with E-state index in [0.29, 0.717) is 5.95 Å². The summed E-state index contributed by atoms with van der Waals surface area (Å²) in [6.45, 7) is 3.96. The molecule has 2 rings (SSSR count). The second-order valence-corrected chi connectivity index (χ2v) is 3.83. The lowest BCUT2D eigenvalue weighted by molar-refractivity contribution is 0.466. The molecule has 5 nitrogen and oxygen atoms in total. The molecule has 0 aliphatic rings. The molecule has 0 radical (unpaired) electrons. The Kier molecular flexibility index (Phi) is 3.27. The van der Waals surface area contributed by atoms with Crippen LogP contribution in [0.1, 0.15) is 24.5 Å². The molecular formula is C12H16N4O. The van der Waals surface area contributed by atoms with Crippen LogP contribution in [0, 0.1) is 6.92 Å². The lowest BCUT2D eigenvalue weighted by Gasteiger charge is -2.12. The average molecular weight is 232 g/mol. The first-order chi connectivity index (χ1) is 8.19. The topological polar surface area (TPSA) is 63.0 Å². The zero-order valence-corrected chi connectivity index (χ0v) is 10.2. The number of nitrogens with zero attached hydrogens (tertiary/aromatic N) is 2. The molecule has 0 aliphatic carbocycles. The highest BCUT2D eigenvalue weighted by Crippen LogP contribution is 2.20. The van der Waals surface area contributed by atoms with E-state index in [1.54, 1.807) is 13.2 Å². The Morgan fingerprint density at radius 3 is 2.76 bits per heavy atom. The van der Waals surface area contributed by atoms with Gasteiger partial charge >= 0.3 is 0 Å². The molecule has 90 valence electrons. The van der Waals surface area contributed by atoms with Crippen molar-refractivity contribution in [3.63, 3.8) is 0 Å². The lowest BCUT2D eigenvalue weighted by Crippen LogP contribution is -2.08. The number of furan rings is 1. The van der Waals surface area contributed by atoms with Crippen LogP contribution in [0.4, 0.5) is 11.8 Å². The fourth-order valence-electron chi connectivity index (χ4n) is 1.54. The molecule has 0 aromatic carbocycles. The maximum absolute atomic E-state index is 5.55. The molecule has 2 heterocycles. The predicted molar refractivity (Wildman–Crippen MR) is 67.1 cm³/mol. The summed E-state index contributed by atoms with van der Waals surface area (Å²) in [4.78, 5) is 8.34. The summed E-state index contributed by atoms with van der Waals surface area (Å²) in [6.07, 6.45) is 1.71. The SMILES string of the molecule is CNc1nccc(NC(C)c2ccc(C)o2)n1. The maximum Gasteiger partial charge on any atom is 0.224 e. The van der Waals surface area contributed by atoms with Gasteiger partial charge in [-0.3, -0.25) is 0 Å². The van der Waals surface area contributed by atoms with Crippen LogP contribution in [0.2, 0.25) is 0 Å². The van der Waals surface area contributed by atoms with Gasteiger partial charge in [0.15, 0.2) is 0 Å². The average Bonchev–Trinajstić information content (AvgIpc) is 2.76. The Bertz CT molecular complexity index is 495. The molecule has 0 fully saturated rings. The molecule has 5 heteroatoms. The highest BCUT2D eigenvalue weighted by molar-refractivity contribution is 5.40. The lowest BCUT2D eigenvalue weighted by atomic mass is 10.2. The largest absolute Gasteiger partial charge is 0.464 e. The van der Waals surface area contributed by atoms with Gasteiger partial charge in [-0.05, 0) is 32.0 Å². The van der Waals surface area contributed by atoms with E-state index >= 15 is 0 Å². The van der Waals surface area contributed by atoms with Crippen LogP contribution in [0.3, 0.4) is 0 Å². The number of rotatable bonds is 4. The number of hydrogen-bond donors (Lipinski definition) is 2. The third-order valence-electron chi connectivity index (χ3n) is 2.43. The second kappa shape index (κ2) is 4.86. The highest BCUT2D eigenvalue weighted by atomic mass is 16.3. The molecule has 0 bridgehead atoms. The van der Waals surface area contributed by atoms with Gasteiger partial charge in [0, 0.05) is 13.2 Å². The number of aromatic nitrogens is 2. The summed E-state index contributed by atoms with van der Waals surface area (Å²) in [5.41, 5.74) is 0. The van der Waals surface area contributed by atoms with E-state index in [-0.39, 0.29) is 6.04 Å². The number of aryl methyl sites for hydroxylation is 1. The van der Waals surface area contributed by atoms with Crippen LogP contribution in [0.25, 0.3) is 0 Å². The summed E-state index contributed by atoms with van der Waals surface area (Å²) in [5, 5.41) is 6.16. The third-order valence-corrected chi connectivity index (χ3v) is 2.43. The van der Waals surface area contributed by atoms with Crippen molar-refractivity contribution in [3.8, 4) is 0 Å². The maximum atomic E-state index is 5.55. The molecule has 17 heavy (non-hydrogen) atoms. The monoisotopic (exact) mass is 232 g/mol. The molecule has 0 amide bonds. The first-order valence-corrected chi connectivity index (χ1v) is 5.52. The van der Waals surface area contributed by atoms with E-state index in [1.807, 2.05) is 32.0 Å². The van der Waals surface area contributed by atoms with Crippen molar-refractivity contribution < 1.29 is 4.42 Å². The Morgan fingerprint density at radius 1 is 1.29 bits per heavy atom. The molecule has 2 aromatic heterocycles. The van der Waals surface area contributed by atoms with Crippen molar-refractivity contribution in [3.05, 3.63) is 35.9 Å². The quantitative estimate of drug-likeness (QED) is 0.848. The minimum absolute atomic E-state index is 0.0725. The zero-order valence-electron chi connectivity index (χ0n) is 10.2. The van der Waals surface area contributed by atoms with Crippen molar-refractivity contribution in [2.75, 3.05) is 17.7 Å². The minimum Gasteiger partial charge on any atom is -0.464 e. The predicted octanol–water partition coefficient (Wildman–Crippen LogP) is 2.59. The van der Waals surface area contributed by atoms with Crippen LogP contribution in [0.15, 0.2) is 28.8 Å². The third kappa shape index (κ3) is 2.75. The Balaban J connectivity index is 2.09. The zero-order chi connectivity index (χ0) is 12.3. The molecule has 0 saturated heterocycles. The van der Waals surface area contributed by atoms with Crippen molar-refractivity contribution in [2.24, 2.45) is 0 Å². The molecule has 0 saturated carbocycles. The number of anilines is 2. The van der Waals surface area contributed by atoms with E-state index in [1.165, 1.54) is 0 Å². The standard InChI is InChI=1S/C12H16N4O/c1-8-4-5-10(17-8)9(2)15-11-6-7-14-12(13-3)16-11/h4-7,9H,1-3H3,(H2,13,14,15,16). The first kappa shape index (κ1) is 11.4. The summed E-state index contributed by atoms with van der Waals surface area (Å²) in [5.74, 6) is 3.17. The van der Waals surface area contributed by atoms with Gasteiger partial charge in [-0.25, -0.2) is 4.98 Å². The summed E-state index contributed by atoms with van der Waals surface area (Å²) in [7, 11) is 1.79. The van der Waals surface area contributed by atoms with Crippen LogP contribution < -0.4 is 10.6 Å². The van der Waals surface area contributed by atoms with Crippen molar-refractivity contribution in [1.82, 2.24) is 9.97 Å². The summed E-state index contributed by atoms with van der Waals surface area (Å²) < 4.78 is 5.55. The fraction of sp³-hybridized carbons (Fsp3) is 0.333. The minimum atomic E-state index is 0.0725. The molecule has 0 aliphatic heterocycles. The van der Waals surface area contributed by atoms with Gasteiger partial charge in [0.1, 0.15) is 17.3 Å². The number of nitrogens with one attached hydrogen (secondary N) is 2. The molecule has 2 aromatic rings. The van der Waals surface area contributed by atoms with Gasteiger partial charge in [0.2, 0.25) is 5.95 Å². The number of hydrogen-bond acceptors (Lipinski definition) is 5.